The van der Waals surface area contributed by atoms with Crippen LogP contribution in [0.2, 0.25) is 0 Å². The second kappa shape index (κ2) is 7.09. The van der Waals surface area contributed by atoms with Gasteiger partial charge in [0, 0.05) is 32.7 Å². The summed E-state index contributed by atoms with van der Waals surface area (Å²) < 4.78 is 29.0. The van der Waals surface area contributed by atoms with Crippen molar-refractivity contribution in [2.45, 2.75) is 37.6 Å². The molecule has 2 aromatic rings. The van der Waals surface area contributed by atoms with Gasteiger partial charge in [0.05, 0.1) is 22.3 Å². The lowest BCUT2D eigenvalue weighted by atomic mass is 10.1. The summed E-state index contributed by atoms with van der Waals surface area (Å²) in [6, 6.07) is 6.88. The fourth-order valence-corrected chi connectivity index (χ4v) is 5.18. The molecule has 0 saturated carbocycles. The maximum atomic E-state index is 12.9. The molecule has 1 saturated heterocycles. The van der Waals surface area contributed by atoms with E-state index >= 15 is 0 Å². The molecule has 0 bridgehead atoms. The number of nitrogens with zero attached hydrogens (tertiary/aromatic N) is 4. The maximum Gasteiger partial charge on any atom is 0.257 e. The number of rotatable bonds is 3. The number of aromatic nitrogens is 2. The molecular weight excluding hydrogens is 364 g/mol. The van der Waals surface area contributed by atoms with E-state index in [2.05, 4.69) is 5.10 Å². The molecule has 7 nitrogen and oxygen atoms in total. The normalized spacial score (nSPS) is 18.3. The minimum Gasteiger partial charge on any atom is -0.336 e. The molecule has 3 heterocycles. The largest absolute Gasteiger partial charge is 0.336 e. The van der Waals surface area contributed by atoms with Gasteiger partial charge in [0.2, 0.25) is 10.0 Å². The van der Waals surface area contributed by atoms with Gasteiger partial charge in [-0.1, -0.05) is 17.7 Å². The average molecular weight is 388 g/mol. The molecule has 1 fully saturated rings. The minimum absolute atomic E-state index is 0.0365. The van der Waals surface area contributed by atoms with Crippen LogP contribution in [-0.2, 0) is 23.0 Å². The van der Waals surface area contributed by atoms with Gasteiger partial charge in [-0.2, -0.15) is 9.40 Å². The highest BCUT2D eigenvalue weighted by Crippen LogP contribution is 2.22. The summed E-state index contributed by atoms with van der Waals surface area (Å²) in [5.74, 6) is -0.0365. The SMILES string of the molecule is Cc1ccc(S(=O)(=O)N2CCN(C(=O)c3cnn4c3CCCC4)CC2)cc1. The molecule has 1 amide bonds. The number of carbonyl (C=O) groups excluding carboxylic acids is 1. The third-order valence-electron chi connectivity index (χ3n) is 5.40. The Morgan fingerprint density at radius 1 is 1.00 bits per heavy atom. The molecule has 0 atom stereocenters. The molecule has 8 heteroatoms. The standard InChI is InChI=1S/C19H24N4O3S/c1-15-5-7-16(8-6-15)27(25,26)22-12-10-21(11-13-22)19(24)17-14-20-23-9-3-2-4-18(17)23/h5-8,14H,2-4,9-13H2,1H3. The number of hydrogen-bond acceptors (Lipinski definition) is 4. The molecule has 0 radical (unpaired) electrons. The van der Waals surface area contributed by atoms with Crippen molar-refractivity contribution in [3.63, 3.8) is 0 Å². The topological polar surface area (TPSA) is 75.5 Å². The third kappa shape index (κ3) is 3.39. The highest BCUT2D eigenvalue weighted by molar-refractivity contribution is 7.89. The molecule has 27 heavy (non-hydrogen) atoms. The number of amides is 1. The van der Waals surface area contributed by atoms with E-state index in [0.29, 0.717) is 36.6 Å². The molecule has 1 aromatic carbocycles. The molecule has 0 N–H and O–H groups in total. The molecule has 0 aliphatic carbocycles. The molecular formula is C19H24N4O3S. The van der Waals surface area contributed by atoms with Crippen LogP contribution >= 0.6 is 0 Å². The van der Waals surface area contributed by atoms with Gasteiger partial charge in [0.15, 0.2) is 0 Å². The van der Waals surface area contributed by atoms with Crippen LogP contribution in [0.15, 0.2) is 35.4 Å². The zero-order chi connectivity index (χ0) is 19.0. The van der Waals surface area contributed by atoms with Crippen LogP contribution in [0.1, 0.15) is 34.5 Å². The highest BCUT2D eigenvalue weighted by Gasteiger charge is 2.32. The zero-order valence-corrected chi connectivity index (χ0v) is 16.3. The Labute approximate surface area is 159 Å². The first-order valence-electron chi connectivity index (χ1n) is 9.37. The summed E-state index contributed by atoms with van der Waals surface area (Å²) >= 11 is 0. The van der Waals surface area contributed by atoms with Gasteiger partial charge in [-0.15, -0.1) is 0 Å². The summed E-state index contributed by atoms with van der Waals surface area (Å²) in [5, 5.41) is 4.34. The van der Waals surface area contributed by atoms with E-state index in [4.69, 9.17) is 0 Å². The van der Waals surface area contributed by atoms with Crippen LogP contribution in [0.5, 0.6) is 0 Å². The number of benzene rings is 1. The summed E-state index contributed by atoms with van der Waals surface area (Å²) in [6.07, 6.45) is 4.72. The molecule has 0 spiro atoms. The van der Waals surface area contributed by atoms with Gasteiger partial charge < -0.3 is 4.90 Å². The Morgan fingerprint density at radius 2 is 1.70 bits per heavy atom. The Balaban J connectivity index is 1.45. The van der Waals surface area contributed by atoms with E-state index in [1.165, 1.54) is 4.31 Å². The van der Waals surface area contributed by atoms with Crippen molar-refractivity contribution in [2.75, 3.05) is 26.2 Å². The van der Waals surface area contributed by atoms with Crippen molar-refractivity contribution in [1.82, 2.24) is 19.0 Å². The van der Waals surface area contributed by atoms with E-state index in [-0.39, 0.29) is 5.91 Å². The number of piperazine rings is 1. The van der Waals surface area contributed by atoms with Crippen molar-refractivity contribution in [3.8, 4) is 0 Å². The number of fused-ring (bicyclic) bond motifs is 1. The van der Waals surface area contributed by atoms with Crippen molar-refractivity contribution < 1.29 is 13.2 Å². The predicted octanol–water partition coefficient (Wildman–Crippen LogP) is 1.67. The summed E-state index contributed by atoms with van der Waals surface area (Å²) in [4.78, 5) is 14.9. The van der Waals surface area contributed by atoms with E-state index in [0.717, 1.165) is 37.1 Å². The van der Waals surface area contributed by atoms with Gasteiger partial charge in [-0.25, -0.2) is 8.42 Å². The first-order valence-corrected chi connectivity index (χ1v) is 10.8. The highest BCUT2D eigenvalue weighted by atomic mass is 32.2. The molecule has 2 aliphatic rings. The number of carbonyl (C=O) groups is 1. The average Bonchev–Trinajstić information content (AvgIpc) is 3.12. The first-order chi connectivity index (χ1) is 13.0. The second-order valence-corrected chi connectivity index (χ2v) is 9.13. The summed E-state index contributed by atoms with van der Waals surface area (Å²) in [6.45, 7) is 4.21. The Bertz CT molecular complexity index is 942. The van der Waals surface area contributed by atoms with Gasteiger partial charge in [0.25, 0.3) is 5.91 Å². The molecule has 1 aromatic heterocycles. The molecule has 0 unspecified atom stereocenters. The monoisotopic (exact) mass is 388 g/mol. The van der Waals surface area contributed by atoms with Gasteiger partial charge >= 0.3 is 0 Å². The first kappa shape index (κ1) is 18.2. The van der Waals surface area contributed by atoms with E-state index in [1.54, 1.807) is 35.4 Å². The van der Waals surface area contributed by atoms with Gasteiger partial charge in [-0.05, 0) is 38.3 Å². The molecule has 2 aliphatic heterocycles. The number of sulfonamides is 1. The quantitative estimate of drug-likeness (QED) is 0.802. The van der Waals surface area contributed by atoms with Crippen molar-refractivity contribution in [2.24, 2.45) is 0 Å². The fourth-order valence-electron chi connectivity index (χ4n) is 3.76. The van der Waals surface area contributed by atoms with Gasteiger partial charge in [0.1, 0.15) is 0 Å². The summed E-state index contributed by atoms with van der Waals surface area (Å²) in [7, 11) is -3.52. The van der Waals surface area contributed by atoms with E-state index < -0.39 is 10.0 Å². The van der Waals surface area contributed by atoms with E-state index in [9.17, 15) is 13.2 Å². The van der Waals surface area contributed by atoms with E-state index in [1.807, 2.05) is 11.6 Å². The minimum atomic E-state index is -3.52. The van der Waals surface area contributed by atoms with Crippen LogP contribution in [0.3, 0.4) is 0 Å². The van der Waals surface area contributed by atoms with Gasteiger partial charge in [-0.3, -0.25) is 9.48 Å². The molecule has 144 valence electrons. The maximum absolute atomic E-state index is 12.9. The lowest BCUT2D eigenvalue weighted by Gasteiger charge is -2.34. The lowest BCUT2D eigenvalue weighted by Crippen LogP contribution is -2.50. The Hall–Kier alpha value is -2.19. The Morgan fingerprint density at radius 3 is 2.41 bits per heavy atom. The van der Waals surface area contributed by atoms with Crippen molar-refractivity contribution >= 4 is 15.9 Å². The van der Waals surface area contributed by atoms with Crippen LogP contribution < -0.4 is 0 Å². The van der Waals surface area contributed by atoms with Crippen molar-refractivity contribution in [1.29, 1.82) is 0 Å². The van der Waals surface area contributed by atoms with Crippen LogP contribution in [0.25, 0.3) is 0 Å². The van der Waals surface area contributed by atoms with Crippen LogP contribution in [0, 0.1) is 6.92 Å². The fraction of sp³-hybridized carbons (Fsp3) is 0.474. The van der Waals surface area contributed by atoms with Crippen LogP contribution in [-0.4, -0.2) is 59.5 Å². The Kier molecular flexibility index (Phi) is 4.77. The number of aryl methyl sites for hydroxylation is 2. The van der Waals surface area contributed by atoms with Crippen LogP contribution in [0.4, 0.5) is 0 Å². The number of hydrogen-bond donors (Lipinski definition) is 0. The lowest BCUT2D eigenvalue weighted by molar-refractivity contribution is 0.0696. The zero-order valence-electron chi connectivity index (χ0n) is 15.5. The molecule has 4 rings (SSSR count). The third-order valence-corrected chi connectivity index (χ3v) is 7.31. The summed E-state index contributed by atoms with van der Waals surface area (Å²) in [5.41, 5.74) is 2.71. The smallest absolute Gasteiger partial charge is 0.257 e. The van der Waals surface area contributed by atoms with Crippen molar-refractivity contribution in [3.05, 3.63) is 47.3 Å². The predicted molar refractivity (Wildman–Crippen MR) is 101 cm³/mol. The second-order valence-electron chi connectivity index (χ2n) is 7.19.